The van der Waals surface area contributed by atoms with Crippen LogP contribution < -0.4 is 5.32 Å². The minimum absolute atomic E-state index is 0.0317. The maximum absolute atomic E-state index is 12.6. The van der Waals surface area contributed by atoms with Gasteiger partial charge in [0, 0.05) is 11.4 Å². The van der Waals surface area contributed by atoms with Gasteiger partial charge < -0.3 is 10.2 Å². The molecule has 0 atom stereocenters. The number of carbonyl (C=O) groups is 2. The van der Waals surface area contributed by atoms with Crippen LogP contribution in [0.25, 0.3) is 0 Å². The molecule has 0 unspecified atom stereocenters. The molecule has 4 nitrogen and oxygen atoms in total. The van der Waals surface area contributed by atoms with Gasteiger partial charge in [-0.3, -0.25) is 9.59 Å². The molecule has 1 saturated heterocycles. The Hall–Kier alpha value is -1.07. The van der Waals surface area contributed by atoms with E-state index in [2.05, 4.69) is 5.32 Å². The van der Waals surface area contributed by atoms with Crippen LogP contribution in [0, 0.1) is 0 Å². The maximum Gasteiger partial charge on any atom is 0.248 e. The molecule has 2 fully saturated rings. The molecule has 1 aliphatic heterocycles. The third-order valence-electron chi connectivity index (χ3n) is 4.12. The van der Waals surface area contributed by atoms with E-state index in [9.17, 15) is 9.59 Å². The number of amides is 2. The minimum atomic E-state index is -0.609. The summed E-state index contributed by atoms with van der Waals surface area (Å²) in [5.74, 6) is 0.0629. The number of nitrogens with one attached hydrogen (secondary N) is 1. The Balaban J connectivity index is 1.68. The molecule has 20 heavy (non-hydrogen) atoms. The normalized spacial score (nSPS) is 21.6. The number of halogens is 1. The number of hydrogen-bond donors (Lipinski definition) is 1. The van der Waals surface area contributed by atoms with Crippen LogP contribution in [0.5, 0.6) is 0 Å². The van der Waals surface area contributed by atoms with Crippen LogP contribution in [0.2, 0.25) is 4.34 Å². The molecule has 1 spiro atoms. The number of piperazine rings is 1. The van der Waals surface area contributed by atoms with Crippen molar-refractivity contribution in [1.82, 2.24) is 10.2 Å². The van der Waals surface area contributed by atoms with E-state index in [0.29, 0.717) is 6.54 Å². The molecule has 2 aliphatic rings. The van der Waals surface area contributed by atoms with Gasteiger partial charge in [-0.05, 0) is 31.4 Å². The Bertz CT molecular complexity index is 537. The van der Waals surface area contributed by atoms with Crippen molar-refractivity contribution in [2.24, 2.45) is 0 Å². The van der Waals surface area contributed by atoms with Crippen molar-refractivity contribution < 1.29 is 9.59 Å². The smallest absolute Gasteiger partial charge is 0.248 e. The summed E-state index contributed by atoms with van der Waals surface area (Å²) in [5.41, 5.74) is -0.609. The largest absolute Gasteiger partial charge is 0.340 e. The minimum Gasteiger partial charge on any atom is -0.340 e. The SMILES string of the molecule is O=C1CN(CCc2ccc(Cl)s2)C(=O)C2(CCCC2)N1. The highest BCUT2D eigenvalue weighted by molar-refractivity contribution is 7.16. The van der Waals surface area contributed by atoms with Gasteiger partial charge in [0.05, 0.1) is 10.9 Å². The number of carbonyl (C=O) groups excluding carboxylic acids is 2. The predicted octanol–water partition coefficient (Wildman–Crippen LogP) is 2.22. The standard InChI is InChI=1S/C14H17ClN2O2S/c15-11-4-3-10(20-11)5-8-17-9-12(18)16-14(13(17)19)6-1-2-7-14/h3-4H,1-2,5-9H2,(H,16,18). The van der Waals surface area contributed by atoms with Gasteiger partial charge in [0.2, 0.25) is 11.8 Å². The van der Waals surface area contributed by atoms with Crippen LogP contribution in [0.1, 0.15) is 30.6 Å². The molecule has 1 aliphatic carbocycles. The van der Waals surface area contributed by atoms with Crippen LogP contribution in [-0.4, -0.2) is 35.3 Å². The van der Waals surface area contributed by atoms with Gasteiger partial charge in [-0.1, -0.05) is 24.4 Å². The number of hydrogen-bond acceptors (Lipinski definition) is 3. The highest BCUT2D eigenvalue weighted by Gasteiger charge is 2.47. The number of rotatable bonds is 3. The lowest BCUT2D eigenvalue weighted by atomic mass is 9.93. The van der Waals surface area contributed by atoms with Crippen molar-refractivity contribution in [3.8, 4) is 0 Å². The summed E-state index contributed by atoms with van der Waals surface area (Å²) in [4.78, 5) is 27.3. The zero-order chi connectivity index (χ0) is 14.2. The average molecular weight is 313 g/mol. The Kier molecular flexibility index (Phi) is 3.73. The highest BCUT2D eigenvalue weighted by atomic mass is 35.5. The predicted molar refractivity (Wildman–Crippen MR) is 79.0 cm³/mol. The number of thiophene rings is 1. The van der Waals surface area contributed by atoms with Gasteiger partial charge in [-0.2, -0.15) is 0 Å². The first kappa shape index (κ1) is 13.9. The first-order valence-corrected chi connectivity index (χ1v) is 8.13. The van der Waals surface area contributed by atoms with Gasteiger partial charge >= 0.3 is 0 Å². The Morgan fingerprint density at radius 2 is 2.05 bits per heavy atom. The molecule has 1 aromatic heterocycles. The van der Waals surface area contributed by atoms with E-state index in [1.807, 2.05) is 12.1 Å². The number of nitrogens with zero attached hydrogens (tertiary/aromatic N) is 1. The molecule has 2 amide bonds. The van der Waals surface area contributed by atoms with E-state index in [1.54, 1.807) is 4.90 Å². The zero-order valence-electron chi connectivity index (χ0n) is 11.2. The molecule has 0 aromatic carbocycles. The van der Waals surface area contributed by atoms with E-state index in [1.165, 1.54) is 11.3 Å². The average Bonchev–Trinajstić information content (AvgIpc) is 3.02. The molecule has 1 N–H and O–H groups in total. The highest BCUT2D eigenvalue weighted by Crippen LogP contribution is 2.33. The zero-order valence-corrected chi connectivity index (χ0v) is 12.7. The van der Waals surface area contributed by atoms with Crippen molar-refractivity contribution >= 4 is 34.8 Å². The van der Waals surface area contributed by atoms with E-state index in [4.69, 9.17) is 11.6 Å². The Morgan fingerprint density at radius 3 is 2.70 bits per heavy atom. The Morgan fingerprint density at radius 1 is 1.30 bits per heavy atom. The topological polar surface area (TPSA) is 49.4 Å². The first-order chi connectivity index (χ1) is 9.59. The summed E-state index contributed by atoms with van der Waals surface area (Å²) in [6, 6.07) is 3.84. The fourth-order valence-corrected chi connectivity index (χ4v) is 4.21. The molecule has 1 saturated carbocycles. The molecule has 6 heteroatoms. The molecule has 1 aromatic rings. The van der Waals surface area contributed by atoms with Crippen molar-refractivity contribution in [3.63, 3.8) is 0 Å². The van der Waals surface area contributed by atoms with Gasteiger partial charge in [0.15, 0.2) is 0 Å². The van der Waals surface area contributed by atoms with Gasteiger partial charge in [0.25, 0.3) is 0 Å². The quantitative estimate of drug-likeness (QED) is 0.930. The third kappa shape index (κ3) is 2.56. The van der Waals surface area contributed by atoms with Crippen molar-refractivity contribution in [2.45, 2.75) is 37.6 Å². The fraction of sp³-hybridized carbons (Fsp3) is 0.571. The van der Waals surface area contributed by atoms with Crippen LogP contribution in [0.4, 0.5) is 0 Å². The van der Waals surface area contributed by atoms with Crippen LogP contribution in [0.15, 0.2) is 12.1 Å². The maximum atomic E-state index is 12.6. The summed E-state index contributed by atoms with van der Waals surface area (Å²) in [6.45, 7) is 0.768. The Labute approximate surface area is 127 Å². The van der Waals surface area contributed by atoms with Crippen molar-refractivity contribution in [3.05, 3.63) is 21.3 Å². The lowest BCUT2D eigenvalue weighted by Crippen LogP contribution is -2.65. The molecular weight excluding hydrogens is 296 g/mol. The second-order valence-corrected chi connectivity index (χ2v) is 7.32. The van der Waals surface area contributed by atoms with Gasteiger partial charge in [0.1, 0.15) is 5.54 Å². The summed E-state index contributed by atoms with van der Waals surface area (Å²) in [6.07, 6.45) is 4.34. The lowest BCUT2D eigenvalue weighted by molar-refractivity contribution is -0.149. The van der Waals surface area contributed by atoms with Gasteiger partial charge in [-0.25, -0.2) is 0 Å². The van der Waals surface area contributed by atoms with Gasteiger partial charge in [-0.15, -0.1) is 11.3 Å². The summed E-state index contributed by atoms with van der Waals surface area (Å²) >= 11 is 7.44. The van der Waals surface area contributed by atoms with E-state index < -0.39 is 5.54 Å². The van der Waals surface area contributed by atoms with E-state index >= 15 is 0 Å². The van der Waals surface area contributed by atoms with Crippen molar-refractivity contribution in [1.29, 1.82) is 0 Å². The van der Waals surface area contributed by atoms with E-state index in [-0.39, 0.29) is 18.4 Å². The molecule has 0 bridgehead atoms. The fourth-order valence-electron chi connectivity index (χ4n) is 3.14. The second-order valence-electron chi connectivity index (χ2n) is 5.52. The van der Waals surface area contributed by atoms with E-state index in [0.717, 1.165) is 41.3 Å². The molecule has 3 rings (SSSR count). The third-order valence-corrected chi connectivity index (χ3v) is 5.41. The molecule has 0 radical (unpaired) electrons. The summed E-state index contributed by atoms with van der Waals surface area (Å²) in [5, 5.41) is 2.93. The van der Waals surface area contributed by atoms with Crippen LogP contribution >= 0.6 is 22.9 Å². The lowest BCUT2D eigenvalue weighted by Gasteiger charge is -2.39. The van der Waals surface area contributed by atoms with Crippen molar-refractivity contribution in [2.75, 3.05) is 13.1 Å². The summed E-state index contributed by atoms with van der Waals surface area (Å²) < 4.78 is 0.759. The molecular formula is C14H17ClN2O2S. The first-order valence-electron chi connectivity index (χ1n) is 6.94. The molecule has 2 heterocycles. The monoisotopic (exact) mass is 312 g/mol. The van der Waals surface area contributed by atoms with Crippen LogP contribution in [0.3, 0.4) is 0 Å². The van der Waals surface area contributed by atoms with Crippen LogP contribution in [-0.2, 0) is 16.0 Å². The summed E-state index contributed by atoms with van der Waals surface area (Å²) in [7, 11) is 0. The molecule has 108 valence electrons. The second kappa shape index (κ2) is 5.37.